The van der Waals surface area contributed by atoms with Crippen LogP contribution in [0.4, 0.5) is 5.69 Å². The van der Waals surface area contributed by atoms with Crippen LogP contribution >= 0.6 is 0 Å². The van der Waals surface area contributed by atoms with Crippen LogP contribution in [0.1, 0.15) is 24.0 Å². The van der Waals surface area contributed by atoms with Crippen LogP contribution in [0.2, 0.25) is 0 Å². The van der Waals surface area contributed by atoms with E-state index in [1.165, 1.54) is 0 Å². The Morgan fingerprint density at radius 2 is 1.76 bits per heavy atom. The first-order valence-electron chi connectivity index (χ1n) is 7.38. The Balaban J connectivity index is 2.55. The number of aliphatic hydroxyl groups is 2. The number of rotatable bonds is 9. The van der Waals surface area contributed by atoms with Crippen molar-refractivity contribution in [2.24, 2.45) is 0 Å². The van der Waals surface area contributed by atoms with Gasteiger partial charge in [-0.15, -0.1) is 0 Å². The van der Waals surface area contributed by atoms with Crippen LogP contribution in [-0.2, 0) is 4.79 Å². The summed E-state index contributed by atoms with van der Waals surface area (Å²) in [5.41, 5.74) is 3.04. The van der Waals surface area contributed by atoms with Gasteiger partial charge in [0, 0.05) is 32.0 Å². The summed E-state index contributed by atoms with van der Waals surface area (Å²) in [6, 6.07) is 5.91. The standard InChI is InChI=1S/C16H26N2O3/c1-13-5-6-15(14(2)11-13)17-16(21)12-18(7-3-9-19)8-4-10-20/h5-6,11,19-20H,3-4,7-10,12H2,1-2H3,(H,17,21). The largest absolute Gasteiger partial charge is 0.396 e. The fourth-order valence-electron chi connectivity index (χ4n) is 2.21. The van der Waals surface area contributed by atoms with Crippen LogP contribution in [0.25, 0.3) is 0 Å². The summed E-state index contributed by atoms with van der Waals surface area (Å²) in [5, 5.41) is 20.7. The maximum atomic E-state index is 12.1. The maximum Gasteiger partial charge on any atom is 0.238 e. The molecule has 0 radical (unpaired) electrons. The van der Waals surface area contributed by atoms with Crippen molar-refractivity contribution in [1.82, 2.24) is 4.90 Å². The van der Waals surface area contributed by atoms with Crippen molar-refractivity contribution in [1.29, 1.82) is 0 Å². The lowest BCUT2D eigenvalue weighted by Crippen LogP contribution is -2.35. The molecule has 0 fully saturated rings. The van der Waals surface area contributed by atoms with Gasteiger partial charge in [-0.2, -0.15) is 0 Å². The van der Waals surface area contributed by atoms with E-state index in [1.54, 1.807) is 0 Å². The molecule has 0 spiro atoms. The van der Waals surface area contributed by atoms with Crippen LogP contribution in [0.5, 0.6) is 0 Å². The Morgan fingerprint density at radius 3 is 2.29 bits per heavy atom. The van der Waals surface area contributed by atoms with Crippen molar-refractivity contribution in [3.63, 3.8) is 0 Å². The highest BCUT2D eigenvalue weighted by atomic mass is 16.3. The molecule has 1 amide bonds. The molecule has 0 aromatic heterocycles. The van der Waals surface area contributed by atoms with Crippen LogP contribution in [0.3, 0.4) is 0 Å². The zero-order valence-electron chi connectivity index (χ0n) is 12.9. The molecule has 0 unspecified atom stereocenters. The minimum absolute atomic E-state index is 0.0715. The molecule has 5 heteroatoms. The third-order valence-electron chi connectivity index (χ3n) is 3.29. The topological polar surface area (TPSA) is 72.8 Å². The van der Waals surface area contributed by atoms with Gasteiger partial charge < -0.3 is 15.5 Å². The summed E-state index contributed by atoms with van der Waals surface area (Å²) in [6.07, 6.45) is 1.25. The minimum Gasteiger partial charge on any atom is -0.396 e. The molecule has 0 aliphatic heterocycles. The Kier molecular flexibility index (Phi) is 7.97. The molecule has 0 saturated carbocycles. The van der Waals surface area contributed by atoms with Gasteiger partial charge in [0.2, 0.25) is 5.91 Å². The number of amides is 1. The highest BCUT2D eigenvalue weighted by molar-refractivity contribution is 5.93. The number of nitrogens with zero attached hydrogens (tertiary/aromatic N) is 1. The number of carbonyl (C=O) groups excluding carboxylic acids is 1. The Hall–Kier alpha value is -1.43. The molecule has 0 atom stereocenters. The first kappa shape index (κ1) is 17.6. The second kappa shape index (κ2) is 9.50. The smallest absolute Gasteiger partial charge is 0.238 e. The Bertz CT molecular complexity index is 441. The molecule has 118 valence electrons. The lowest BCUT2D eigenvalue weighted by atomic mass is 10.1. The van der Waals surface area contributed by atoms with Crippen LogP contribution in [0, 0.1) is 13.8 Å². The highest BCUT2D eigenvalue weighted by Gasteiger charge is 2.11. The predicted octanol–water partition coefficient (Wildman–Crippen LogP) is 1.31. The van der Waals surface area contributed by atoms with Crippen LogP contribution in [0.15, 0.2) is 18.2 Å². The van der Waals surface area contributed by atoms with E-state index in [4.69, 9.17) is 10.2 Å². The molecular weight excluding hydrogens is 268 g/mol. The molecule has 0 heterocycles. The van der Waals surface area contributed by atoms with Crippen molar-refractivity contribution in [2.75, 3.05) is 38.2 Å². The van der Waals surface area contributed by atoms with Gasteiger partial charge in [0.05, 0.1) is 6.54 Å². The zero-order chi connectivity index (χ0) is 15.7. The van der Waals surface area contributed by atoms with Gasteiger partial charge in [-0.3, -0.25) is 9.69 Å². The van der Waals surface area contributed by atoms with Gasteiger partial charge in [0.1, 0.15) is 0 Å². The van der Waals surface area contributed by atoms with Gasteiger partial charge in [0.15, 0.2) is 0 Å². The maximum absolute atomic E-state index is 12.1. The molecule has 1 aromatic rings. The van der Waals surface area contributed by atoms with Gasteiger partial charge in [-0.25, -0.2) is 0 Å². The van der Waals surface area contributed by atoms with E-state index in [1.807, 2.05) is 36.9 Å². The first-order chi connectivity index (χ1) is 10.1. The summed E-state index contributed by atoms with van der Waals surface area (Å²) in [4.78, 5) is 14.1. The number of hydrogen-bond donors (Lipinski definition) is 3. The van der Waals surface area contributed by atoms with Crippen molar-refractivity contribution in [2.45, 2.75) is 26.7 Å². The minimum atomic E-state index is -0.0715. The van der Waals surface area contributed by atoms with E-state index in [-0.39, 0.29) is 25.7 Å². The average molecular weight is 294 g/mol. The molecular formula is C16H26N2O3. The van der Waals surface area contributed by atoms with Crippen molar-refractivity contribution in [3.05, 3.63) is 29.3 Å². The van der Waals surface area contributed by atoms with Gasteiger partial charge >= 0.3 is 0 Å². The number of aliphatic hydroxyl groups excluding tert-OH is 2. The summed E-state index contributed by atoms with van der Waals surface area (Å²) in [6.45, 7) is 5.77. The molecule has 1 aromatic carbocycles. The summed E-state index contributed by atoms with van der Waals surface area (Å²) >= 11 is 0. The monoisotopic (exact) mass is 294 g/mol. The van der Waals surface area contributed by atoms with E-state index in [2.05, 4.69) is 5.32 Å². The molecule has 0 aliphatic carbocycles. The van der Waals surface area contributed by atoms with E-state index >= 15 is 0 Å². The SMILES string of the molecule is Cc1ccc(NC(=O)CN(CCCO)CCCO)c(C)c1. The molecule has 3 N–H and O–H groups in total. The average Bonchev–Trinajstić information content (AvgIpc) is 2.45. The fourth-order valence-corrected chi connectivity index (χ4v) is 2.21. The van der Waals surface area contributed by atoms with Crippen molar-refractivity contribution in [3.8, 4) is 0 Å². The number of benzene rings is 1. The van der Waals surface area contributed by atoms with Crippen molar-refractivity contribution < 1.29 is 15.0 Å². The zero-order valence-corrected chi connectivity index (χ0v) is 12.9. The molecule has 0 bridgehead atoms. The van der Waals surface area contributed by atoms with E-state index in [9.17, 15) is 4.79 Å². The highest BCUT2D eigenvalue weighted by Crippen LogP contribution is 2.15. The third kappa shape index (κ3) is 6.71. The van der Waals surface area contributed by atoms with Gasteiger partial charge in [0.25, 0.3) is 0 Å². The summed E-state index contributed by atoms with van der Waals surface area (Å²) < 4.78 is 0. The predicted molar refractivity (Wildman–Crippen MR) is 84.4 cm³/mol. The Morgan fingerprint density at radius 1 is 1.14 bits per heavy atom. The molecule has 5 nitrogen and oxygen atoms in total. The van der Waals surface area contributed by atoms with Crippen molar-refractivity contribution >= 4 is 11.6 Å². The second-order valence-corrected chi connectivity index (χ2v) is 5.30. The lowest BCUT2D eigenvalue weighted by Gasteiger charge is -2.21. The number of carbonyl (C=O) groups is 1. The second-order valence-electron chi connectivity index (χ2n) is 5.30. The molecule has 21 heavy (non-hydrogen) atoms. The third-order valence-corrected chi connectivity index (χ3v) is 3.29. The van der Waals surface area contributed by atoms with Gasteiger partial charge in [-0.1, -0.05) is 17.7 Å². The number of hydrogen-bond acceptors (Lipinski definition) is 4. The van der Waals surface area contributed by atoms with E-state index < -0.39 is 0 Å². The van der Waals surface area contributed by atoms with Crippen LogP contribution < -0.4 is 5.32 Å². The molecule has 0 aliphatic rings. The molecule has 0 saturated heterocycles. The van der Waals surface area contributed by atoms with E-state index in [0.717, 1.165) is 16.8 Å². The van der Waals surface area contributed by atoms with E-state index in [0.29, 0.717) is 25.9 Å². The number of aryl methyl sites for hydroxylation is 2. The lowest BCUT2D eigenvalue weighted by molar-refractivity contribution is -0.117. The Labute approximate surface area is 126 Å². The normalized spacial score (nSPS) is 10.9. The summed E-state index contributed by atoms with van der Waals surface area (Å²) in [7, 11) is 0. The fraction of sp³-hybridized carbons (Fsp3) is 0.562. The quantitative estimate of drug-likeness (QED) is 0.642. The number of nitrogens with one attached hydrogen (secondary N) is 1. The summed E-state index contributed by atoms with van der Waals surface area (Å²) in [5.74, 6) is -0.0715. The number of anilines is 1. The molecule has 1 rings (SSSR count). The van der Waals surface area contributed by atoms with Gasteiger partial charge in [-0.05, 0) is 38.3 Å². The van der Waals surface area contributed by atoms with Crippen LogP contribution in [-0.4, -0.2) is 53.9 Å². The first-order valence-corrected chi connectivity index (χ1v) is 7.38.